The standard InChI is InChI=1S/C11H15BrN4O2/c1-16-3-2-13-6-9(16)11(18)15-8-5-14-4-7(12)10(8)17/h4-5,9,13H,2-3,6H2,1H3,(H,14,17)(H,15,18). The smallest absolute Gasteiger partial charge is 0.243 e. The van der Waals surface area contributed by atoms with E-state index in [1.165, 1.54) is 12.4 Å². The Morgan fingerprint density at radius 1 is 1.56 bits per heavy atom. The largest absolute Gasteiger partial charge is 0.365 e. The molecule has 7 heteroatoms. The Bertz CT molecular complexity index is 502. The molecule has 1 amide bonds. The lowest BCUT2D eigenvalue weighted by atomic mass is 10.2. The third-order valence-corrected chi connectivity index (χ3v) is 3.56. The summed E-state index contributed by atoms with van der Waals surface area (Å²) in [5, 5.41) is 5.82. The molecule has 0 aromatic carbocycles. The Balaban J connectivity index is 2.11. The van der Waals surface area contributed by atoms with Gasteiger partial charge < -0.3 is 15.6 Å². The molecule has 1 atom stereocenters. The van der Waals surface area contributed by atoms with Crippen LogP contribution in [0.15, 0.2) is 21.7 Å². The summed E-state index contributed by atoms with van der Waals surface area (Å²) in [6.07, 6.45) is 3.02. The molecule has 1 unspecified atom stereocenters. The van der Waals surface area contributed by atoms with Crippen molar-refractivity contribution in [2.24, 2.45) is 0 Å². The molecule has 1 saturated heterocycles. The van der Waals surface area contributed by atoms with Crippen LogP contribution in [0.4, 0.5) is 5.69 Å². The minimum Gasteiger partial charge on any atom is -0.365 e. The predicted octanol–water partition coefficient (Wildman–Crippen LogP) is -0.0205. The van der Waals surface area contributed by atoms with Crippen LogP contribution in [0.2, 0.25) is 0 Å². The van der Waals surface area contributed by atoms with Crippen molar-refractivity contribution in [1.29, 1.82) is 0 Å². The maximum absolute atomic E-state index is 12.1. The molecule has 1 aromatic heterocycles. The fourth-order valence-electron chi connectivity index (χ4n) is 1.87. The fourth-order valence-corrected chi connectivity index (χ4v) is 2.21. The van der Waals surface area contributed by atoms with E-state index in [-0.39, 0.29) is 23.1 Å². The number of nitrogens with zero attached hydrogens (tertiary/aromatic N) is 1. The summed E-state index contributed by atoms with van der Waals surface area (Å²) in [4.78, 5) is 28.6. The van der Waals surface area contributed by atoms with Gasteiger partial charge in [-0.15, -0.1) is 0 Å². The van der Waals surface area contributed by atoms with E-state index in [9.17, 15) is 9.59 Å². The molecule has 1 aliphatic heterocycles. The van der Waals surface area contributed by atoms with Gasteiger partial charge in [0, 0.05) is 32.0 Å². The third-order valence-electron chi connectivity index (χ3n) is 2.97. The number of hydrogen-bond acceptors (Lipinski definition) is 4. The van der Waals surface area contributed by atoms with Crippen LogP contribution < -0.4 is 16.1 Å². The molecular formula is C11H15BrN4O2. The van der Waals surface area contributed by atoms with Crippen LogP contribution in [0.3, 0.4) is 0 Å². The van der Waals surface area contributed by atoms with Gasteiger partial charge in [0.05, 0.1) is 4.47 Å². The number of aromatic nitrogens is 1. The topological polar surface area (TPSA) is 77.2 Å². The number of likely N-dealkylation sites (N-methyl/N-ethyl adjacent to an activating group) is 1. The van der Waals surface area contributed by atoms with Gasteiger partial charge in [0.15, 0.2) is 0 Å². The summed E-state index contributed by atoms with van der Waals surface area (Å²) in [5.41, 5.74) is 0.0295. The summed E-state index contributed by atoms with van der Waals surface area (Å²) in [5.74, 6) is -0.173. The van der Waals surface area contributed by atoms with E-state index in [1.807, 2.05) is 11.9 Å². The number of piperazine rings is 1. The first kappa shape index (κ1) is 13.3. The number of rotatable bonds is 2. The summed E-state index contributed by atoms with van der Waals surface area (Å²) >= 11 is 3.13. The number of nitrogens with one attached hydrogen (secondary N) is 3. The van der Waals surface area contributed by atoms with Crippen molar-refractivity contribution in [2.45, 2.75) is 6.04 Å². The van der Waals surface area contributed by atoms with Gasteiger partial charge in [-0.25, -0.2) is 0 Å². The molecular weight excluding hydrogens is 300 g/mol. The van der Waals surface area contributed by atoms with Gasteiger partial charge in [0.2, 0.25) is 11.3 Å². The van der Waals surface area contributed by atoms with Crippen molar-refractivity contribution in [3.8, 4) is 0 Å². The van der Waals surface area contributed by atoms with E-state index in [0.717, 1.165) is 13.1 Å². The van der Waals surface area contributed by atoms with E-state index in [2.05, 4.69) is 31.5 Å². The number of hydrogen-bond donors (Lipinski definition) is 3. The van der Waals surface area contributed by atoms with Crippen LogP contribution in [0.1, 0.15) is 0 Å². The molecule has 1 aliphatic rings. The van der Waals surface area contributed by atoms with Crippen LogP contribution >= 0.6 is 15.9 Å². The quantitative estimate of drug-likeness (QED) is 0.717. The second-order valence-electron chi connectivity index (χ2n) is 4.24. The summed E-state index contributed by atoms with van der Waals surface area (Å²) in [7, 11) is 1.90. The third kappa shape index (κ3) is 2.80. The molecule has 0 aliphatic carbocycles. The Morgan fingerprint density at radius 3 is 3.06 bits per heavy atom. The highest BCUT2D eigenvalue weighted by Crippen LogP contribution is 2.08. The molecule has 3 N–H and O–H groups in total. The molecule has 0 spiro atoms. The first-order valence-electron chi connectivity index (χ1n) is 5.68. The van der Waals surface area contributed by atoms with Crippen LogP contribution in [0.5, 0.6) is 0 Å². The Kier molecular flexibility index (Phi) is 4.15. The highest BCUT2D eigenvalue weighted by Gasteiger charge is 2.26. The zero-order valence-electron chi connectivity index (χ0n) is 10.00. The SMILES string of the molecule is CN1CCNCC1C(=O)Nc1c[nH]cc(Br)c1=O. The maximum Gasteiger partial charge on any atom is 0.243 e. The van der Waals surface area contributed by atoms with Gasteiger partial charge >= 0.3 is 0 Å². The number of aromatic amines is 1. The molecule has 18 heavy (non-hydrogen) atoms. The molecule has 1 fully saturated rings. The number of amides is 1. The van der Waals surface area contributed by atoms with Gasteiger partial charge in [0.1, 0.15) is 11.7 Å². The zero-order valence-corrected chi connectivity index (χ0v) is 11.6. The maximum atomic E-state index is 12.1. The summed E-state index contributed by atoms with van der Waals surface area (Å²) in [6.45, 7) is 2.28. The van der Waals surface area contributed by atoms with E-state index < -0.39 is 0 Å². The molecule has 6 nitrogen and oxygen atoms in total. The average Bonchev–Trinajstić information content (AvgIpc) is 2.35. The first-order chi connectivity index (χ1) is 8.59. The Labute approximate surface area is 113 Å². The average molecular weight is 315 g/mol. The summed E-state index contributed by atoms with van der Waals surface area (Å²) in [6, 6.07) is -0.253. The number of carbonyl (C=O) groups excluding carboxylic acids is 1. The monoisotopic (exact) mass is 314 g/mol. The van der Waals surface area contributed by atoms with Gasteiger partial charge in [-0.3, -0.25) is 14.5 Å². The lowest BCUT2D eigenvalue weighted by molar-refractivity contribution is -0.121. The van der Waals surface area contributed by atoms with E-state index in [4.69, 9.17) is 0 Å². The molecule has 2 heterocycles. The van der Waals surface area contributed by atoms with Gasteiger partial charge in [-0.1, -0.05) is 0 Å². The van der Waals surface area contributed by atoms with Crippen LogP contribution in [0.25, 0.3) is 0 Å². The van der Waals surface area contributed by atoms with Crippen molar-refractivity contribution >= 4 is 27.5 Å². The van der Waals surface area contributed by atoms with E-state index in [1.54, 1.807) is 0 Å². The lowest BCUT2D eigenvalue weighted by Crippen LogP contribution is -2.54. The van der Waals surface area contributed by atoms with Gasteiger partial charge in [-0.05, 0) is 23.0 Å². The molecule has 0 bridgehead atoms. The number of pyridine rings is 1. The zero-order chi connectivity index (χ0) is 13.1. The van der Waals surface area contributed by atoms with Crippen LogP contribution in [-0.4, -0.2) is 48.5 Å². The normalized spacial score (nSPS) is 20.7. The second kappa shape index (κ2) is 5.64. The van der Waals surface area contributed by atoms with Gasteiger partial charge in [-0.2, -0.15) is 0 Å². The molecule has 98 valence electrons. The summed E-state index contributed by atoms with van der Waals surface area (Å²) < 4.78 is 0.399. The molecule has 0 saturated carbocycles. The highest BCUT2D eigenvalue weighted by atomic mass is 79.9. The second-order valence-corrected chi connectivity index (χ2v) is 5.09. The number of anilines is 1. The van der Waals surface area contributed by atoms with Crippen molar-refractivity contribution in [1.82, 2.24) is 15.2 Å². The number of halogens is 1. The molecule has 2 rings (SSSR count). The Hall–Kier alpha value is -1.18. The Morgan fingerprint density at radius 2 is 2.33 bits per heavy atom. The number of H-pyrrole nitrogens is 1. The lowest BCUT2D eigenvalue weighted by Gasteiger charge is -2.31. The van der Waals surface area contributed by atoms with Gasteiger partial charge in [0.25, 0.3) is 0 Å². The van der Waals surface area contributed by atoms with Crippen molar-refractivity contribution in [3.63, 3.8) is 0 Å². The first-order valence-corrected chi connectivity index (χ1v) is 6.47. The minimum absolute atomic E-state index is 0.173. The van der Waals surface area contributed by atoms with Crippen molar-refractivity contribution in [3.05, 3.63) is 27.1 Å². The number of carbonyl (C=O) groups is 1. The predicted molar refractivity (Wildman–Crippen MR) is 72.7 cm³/mol. The van der Waals surface area contributed by atoms with E-state index >= 15 is 0 Å². The fraction of sp³-hybridized carbons (Fsp3) is 0.455. The highest BCUT2D eigenvalue weighted by molar-refractivity contribution is 9.10. The van der Waals surface area contributed by atoms with Crippen molar-refractivity contribution in [2.75, 3.05) is 32.0 Å². The van der Waals surface area contributed by atoms with Crippen LogP contribution in [-0.2, 0) is 4.79 Å². The van der Waals surface area contributed by atoms with Crippen molar-refractivity contribution < 1.29 is 4.79 Å². The van der Waals surface area contributed by atoms with Crippen LogP contribution in [0, 0.1) is 0 Å². The molecule has 0 radical (unpaired) electrons. The molecule has 1 aromatic rings. The minimum atomic E-state index is -0.253. The van der Waals surface area contributed by atoms with E-state index in [0.29, 0.717) is 11.0 Å².